The largest absolute Gasteiger partial charge is 0.416 e. The van der Waals surface area contributed by atoms with Gasteiger partial charge in [-0.2, -0.15) is 18.2 Å². The van der Waals surface area contributed by atoms with Crippen molar-refractivity contribution in [1.82, 2.24) is 30.3 Å². The lowest BCUT2D eigenvalue weighted by molar-refractivity contribution is -0.137. The van der Waals surface area contributed by atoms with Gasteiger partial charge in [0.2, 0.25) is 11.7 Å². The third-order valence-electron chi connectivity index (χ3n) is 3.86. The van der Waals surface area contributed by atoms with Crippen molar-refractivity contribution in [2.45, 2.75) is 12.7 Å². The normalized spacial score (nSPS) is 11.5. The SMILES string of the molecule is FC(F)(F)c1ccc(-c2noc(CNc3ccc(-n4cnnn4)cc3)n2)cc1. The van der Waals surface area contributed by atoms with Crippen molar-refractivity contribution in [2.75, 3.05) is 5.32 Å². The topological polar surface area (TPSA) is 94.6 Å². The number of anilines is 1. The summed E-state index contributed by atoms with van der Waals surface area (Å²) in [6, 6.07) is 11.9. The highest BCUT2D eigenvalue weighted by Crippen LogP contribution is 2.30. The number of tetrazole rings is 1. The second kappa shape index (κ2) is 7.10. The van der Waals surface area contributed by atoms with Gasteiger partial charge in [0.1, 0.15) is 6.33 Å². The molecule has 4 aromatic rings. The molecule has 4 rings (SSSR count). The lowest BCUT2D eigenvalue weighted by Gasteiger charge is -2.06. The van der Waals surface area contributed by atoms with Gasteiger partial charge < -0.3 is 9.84 Å². The Balaban J connectivity index is 1.40. The Bertz CT molecular complexity index is 1040. The molecule has 2 aromatic carbocycles. The van der Waals surface area contributed by atoms with Crippen LogP contribution < -0.4 is 5.32 Å². The first kappa shape index (κ1) is 17.6. The van der Waals surface area contributed by atoms with Gasteiger partial charge in [-0.15, -0.1) is 5.10 Å². The first-order valence-electron chi connectivity index (χ1n) is 8.06. The Hall–Kier alpha value is -3.76. The summed E-state index contributed by atoms with van der Waals surface area (Å²) >= 11 is 0. The fourth-order valence-electron chi connectivity index (χ4n) is 2.44. The summed E-state index contributed by atoms with van der Waals surface area (Å²) in [5, 5.41) is 17.9. The predicted octanol–water partition coefficient (Wildman–Crippen LogP) is 3.34. The van der Waals surface area contributed by atoms with Crippen LogP contribution in [0.1, 0.15) is 11.5 Å². The summed E-state index contributed by atoms with van der Waals surface area (Å²) in [5.74, 6) is 0.527. The molecule has 0 radical (unpaired) electrons. The van der Waals surface area contributed by atoms with E-state index in [1.807, 2.05) is 24.3 Å². The Labute approximate surface area is 156 Å². The quantitative estimate of drug-likeness (QED) is 0.561. The zero-order valence-corrected chi connectivity index (χ0v) is 14.1. The van der Waals surface area contributed by atoms with Crippen LogP contribution in [0.15, 0.2) is 59.4 Å². The van der Waals surface area contributed by atoms with Gasteiger partial charge in [0, 0.05) is 11.3 Å². The minimum atomic E-state index is -4.38. The molecular weight excluding hydrogens is 375 g/mol. The van der Waals surface area contributed by atoms with Gasteiger partial charge >= 0.3 is 6.18 Å². The zero-order valence-electron chi connectivity index (χ0n) is 14.1. The van der Waals surface area contributed by atoms with E-state index >= 15 is 0 Å². The maximum absolute atomic E-state index is 12.6. The average Bonchev–Trinajstić information content (AvgIpc) is 3.38. The van der Waals surface area contributed by atoms with Crippen LogP contribution in [0.3, 0.4) is 0 Å². The van der Waals surface area contributed by atoms with E-state index in [2.05, 4.69) is 31.0 Å². The Morgan fingerprint density at radius 1 is 1.00 bits per heavy atom. The van der Waals surface area contributed by atoms with Crippen molar-refractivity contribution in [2.24, 2.45) is 0 Å². The number of nitrogens with zero attached hydrogens (tertiary/aromatic N) is 6. The molecule has 0 aliphatic carbocycles. The molecular formula is C17H12F3N7O. The smallest absolute Gasteiger partial charge is 0.376 e. The van der Waals surface area contributed by atoms with E-state index in [1.54, 1.807) is 0 Å². The molecule has 2 heterocycles. The molecule has 0 spiro atoms. The fourth-order valence-corrected chi connectivity index (χ4v) is 2.44. The third kappa shape index (κ3) is 3.82. The van der Waals surface area contributed by atoms with Gasteiger partial charge in [0.15, 0.2) is 0 Å². The summed E-state index contributed by atoms with van der Waals surface area (Å²) in [6.45, 7) is 0.262. The van der Waals surface area contributed by atoms with Gasteiger partial charge in [-0.25, -0.2) is 4.68 Å². The molecule has 0 saturated carbocycles. The number of hydrogen-bond acceptors (Lipinski definition) is 7. The predicted molar refractivity (Wildman–Crippen MR) is 91.2 cm³/mol. The Morgan fingerprint density at radius 2 is 1.75 bits per heavy atom. The van der Waals surface area contributed by atoms with Gasteiger partial charge in [0.05, 0.1) is 17.8 Å². The molecule has 0 atom stereocenters. The van der Waals surface area contributed by atoms with Crippen LogP contribution in [0.4, 0.5) is 18.9 Å². The first-order valence-corrected chi connectivity index (χ1v) is 8.06. The van der Waals surface area contributed by atoms with E-state index in [0.717, 1.165) is 23.5 Å². The highest BCUT2D eigenvalue weighted by Gasteiger charge is 2.30. The van der Waals surface area contributed by atoms with Gasteiger partial charge in [-0.1, -0.05) is 17.3 Å². The molecule has 0 bridgehead atoms. The van der Waals surface area contributed by atoms with Crippen molar-refractivity contribution in [3.8, 4) is 17.1 Å². The molecule has 0 saturated heterocycles. The maximum atomic E-state index is 12.6. The summed E-state index contributed by atoms with van der Waals surface area (Å²) in [4.78, 5) is 4.19. The molecule has 11 heteroatoms. The number of benzene rings is 2. The summed E-state index contributed by atoms with van der Waals surface area (Å²) < 4.78 is 44.5. The molecule has 0 fully saturated rings. The van der Waals surface area contributed by atoms with E-state index < -0.39 is 11.7 Å². The van der Waals surface area contributed by atoms with Gasteiger partial charge in [-0.3, -0.25) is 0 Å². The molecule has 0 aliphatic heterocycles. The number of rotatable bonds is 5. The summed E-state index contributed by atoms with van der Waals surface area (Å²) in [5.41, 5.74) is 1.32. The standard InChI is InChI=1S/C17H12F3N7O/c18-17(19,20)12-3-1-11(2-4-12)16-23-15(28-24-16)9-21-13-5-7-14(8-6-13)27-10-22-25-26-27/h1-8,10,21H,9H2. The van der Waals surface area contributed by atoms with Gasteiger partial charge in [-0.05, 0) is 46.8 Å². The molecule has 8 nitrogen and oxygen atoms in total. The van der Waals surface area contributed by atoms with Crippen LogP contribution in [0, 0.1) is 0 Å². The van der Waals surface area contributed by atoms with Crippen molar-refractivity contribution in [1.29, 1.82) is 0 Å². The zero-order chi connectivity index (χ0) is 19.6. The summed E-state index contributed by atoms with van der Waals surface area (Å²) in [6.07, 6.45) is -2.89. The minimum absolute atomic E-state index is 0.222. The first-order chi connectivity index (χ1) is 13.5. The van der Waals surface area contributed by atoms with Crippen LogP contribution in [0.5, 0.6) is 0 Å². The lowest BCUT2D eigenvalue weighted by Crippen LogP contribution is -2.04. The minimum Gasteiger partial charge on any atom is -0.376 e. The Kier molecular flexibility index (Phi) is 4.47. The fraction of sp³-hybridized carbons (Fsp3) is 0.118. The molecule has 2 aromatic heterocycles. The van der Waals surface area contributed by atoms with Crippen LogP contribution >= 0.6 is 0 Å². The van der Waals surface area contributed by atoms with Crippen LogP contribution in [-0.4, -0.2) is 30.3 Å². The van der Waals surface area contributed by atoms with E-state index in [9.17, 15) is 13.2 Å². The molecule has 142 valence electrons. The van der Waals surface area contributed by atoms with E-state index in [1.165, 1.54) is 23.1 Å². The highest BCUT2D eigenvalue weighted by molar-refractivity contribution is 5.55. The van der Waals surface area contributed by atoms with E-state index in [0.29, 0.717) is 11.5 Å². The van der Waals surface area contributed by atoms with Crippen molar-refractivity contribution in [3.05, 3.63) is 66.3 Å². The van der Waals surface area contributed by atoms with Crippen molar-refractivity contribution < 1.29 is 17.7 Å². The number of aromatic nitrogens is 6. The maximum Gasteiger partial charge on any atom is 0.416 e. The second-order valence-corrected chi connectivity index (χ2v) is 5.74. The van der Waals surface area contributed by atoms with E-state index in [-0.39, 0.29) is 12.4 Å². The van der Waals surface area contributed by atoms with Crippen LogP contribution in [0.25, 0.3) is 17.1 Å². The van der Waals surface area contributed by atoms with Crippen LogP contribution in [-0.2, 0) is 12.7 Å². The second-order valence-electron chi connectivity index (χ2n) is 5.74. The molecule has 28 heavy (non-hydrogen) atoms. The number of alkyl halides is 3. The molecule has 1 N–H and O–H groups in total. The average molecular weight is 387 g/mol. The van der Waals surface area contributed by atoms with Crippen molar-refractivity contribution in [3.63, 3.8) is 0 Å². The molecule has 0 aliphatic rings. The summed E-state index contributed by atoms with van der Waals surface area (Å²) in [7, 11) is 0. The number of hydrogen-bond donors (Lipinski definition) is 1. The number of nitrogens with one attached hydrogen (secondary N) is 1. The lowest BCUT2D eigenvalue weighted by atomic mass is 10.1. The Morgan fingerprint density at radius 3 is 2.39 bits per heavy atom. The molecule has 0 amide bonds. The monoisotopic (exact) mass is 387 g/mol. The molecule has 0 unspecified atom stereocenters. The van der Waals surface area contributed by atoms with Crippen molar-refractivity contribution >= 4 is 5.69 Å². The van der Waals surface area contributed by atoms with Gasteiger partial charge in [0.25, 0.3) is 0 Å². The van der Waals surface area contributed by atoms with Crippen LogP contribution in [0.2, 0.25) is 0 Å². The van der Waals surface area contributed by atoms with E-state index in [4.69, 9.17) is 4.52 Å². The highest BCUT2D eigenvalue weighted by atomic mass is 19.4. The third-order valence-corrected chi connectivity index (χ3v) is 3.86. The number of halogens is 3.